The first-order valence-corrected chi connectivity index (χ1v) is 11.1. The van der Waals surface area contributed by atoms with Gasteiger partial charge in [-0.1, -0.05) is 78.9 Å². The van der Waals surface area contributed by atoms with Crippen LogP contribution in [0, 0.1) is 0 Å². The lowest BCUT2D eigenvalue weighted by atomic mass is 9.98. The molecular formula is C27H26N2O5. The molecule has 4 rings (SSSR count). The third kappa shape index (κ3) is 5.09. The molecule has 34 heavy (non-hydrogen) atoms. The van der Waals surface area contributed by atoms with Gasteiger partial charge in [-0.2, -0.15) is 0 Å². The van der Waals surface area contributed by atoms with Gasteiger partial charge in [0.05, 0.1) is 0 Å². The average Bonchev–Trinajstić information content (AvgIpc) is 3.16. The molecule has 1 aliphatic rings. The van der Waals surface area contributed by atoms with Crippen LogP contribution in [0.5, 0.6) is 0 Å². The fourth-order valence-corrected chi connectivity index (χ4v) is 4.23. The van der Waals surface area contributed by atoms with Crippen LogP contribution in [-0.2, 0) is 20.7 Å². The molecule has 0 saturated heterocycles. The second-order valence-corrected chi connectivity index (χ2v) is 8.28. The number of rotatable bonds is 8. The number of carbonyl (C=O) groups is 3. The zero-order valence-corrected chi connectivity index (χ0v) is 18.7. The lowest BCUT2D eigenvalue weighted by molar-refractivity contribution is -0.142. The van der Waals surface area contributed by atoms with Crippen LogP contribution in [0.1, 0.15) is 29.5 Å². The number of carbonyl (C=O) groups excluding carboxylic acids is 2. The van der Waals surface area contributed by atoms with Gasteiger partial charge in [0, 0.05) is 12.3 Å². The summed E-state index contributed by atoms with van der Waals surface area (Å²) in [6, 6.07) is 23.0. The largest absolute Gasteiger partial charge is 0.480 e. The zero-order chi connectivity index (χ0) is 24.1. The molecule has 2 amide bonds. The first kappa shape index (κ1) is 23.0. The summed E-state index contributed by atoms with van der Waals surface area (Å²) >= 11 is 0. The number of amides is 2. The summed E-state index contributed by atoms with van der Waals surface area (Å²) < 4.78 is 5.46. The van der Waals surface area contributed by atoms with E-state index in [1.807, 2.05) is 42.5 Å². The number of aliphatic carboxylic acids is 1. The molecule has 2 atom stereocenters. The first-order chi connectivity index (χ1) is 16.4. The molecule has 3 aromatic carbocycles. The van der Waals surface area contributed by atoms with Crippen molar-refractivity contribution in [3.8, 4) is 11.1 Å². The zero-order valence-electron chi connectivity index (χ0n) is 18.7. The van der Waals surface area contributed by atoms with Gasteiger partial charge in [0.1, 0.15) is 18.7 Å². The summed E-state index contributed by atoms with van der Waals surface area (Å²) in [6.45, 7) is 1.61. The van der Waals surface area contributed by atoms with E-state index in [-0.39, 0.29) is 18.9 Å². The molecule has 3 aromatic rings. The van der Waals surface area contributed by atoms with Crippen molar-refractivity contribution in [2.24, 2.45) is 0 Å². The maximum atomic E-state index is 12.5. The summed E-state index contributed by atoms with van der Waals surface area (Å²) in [6.07, 6.45) is -0.598. The van der Waals surface area contributed by atoms with Gasteiger partial charge in [0.2, 0.25) is 5.91 Å². The fourth-order valence-electron chi connectivity index (χ4n) is 4.23. The summed E-state index contributed by atoms with van der Waals surface area (Å²) in [4.78, 5) is 36.6. The van der Waals surface area contributed by atoms with Crippen molar-refractivity contribution in [1.29, 1.82) is 0 Å². The van der Waals surface area contributed by atoms with Crippen molar-refractivity contribution in [3.05, 3.63) is 95.6 Å². The van der Waals surface area contributed by atoms with Crippen LogP contribution < -0.4 is 10.6 Å². The minimum atomic E-state index is -1.15. The smallest absolute Gasteiger partial charge is 0.407 e. The van der Waals surface area contributed by atoms with E-state index in [0.29, 0.717) is 0 Å². The Morgan fingerprint density at radius 2 is 1.41 bits per heavy atom. The molecule has 0 radical (unpaired) electrons. The number of carboxylic acid groups (broad SMARTS) is 1. The summed E-state index contributed by atoms with van der Waals surface area (Å²) in [5, 5.41) is 14.5. The van der Waals surface area contributed by atoms with Gasteiger partial charge in [-0.3, -0.25) is 4.79 Å². The van der Waals surface area contributed by atoms with Gasteiger partial charge in [-0.25, -0.2) is 9.59 Å². The molecule has 0 aromatic heterocycles. The summed E-state index contributed by atoms with van der Waals surface area (Å²) in [7, 11) is 0. The molecule has 174 valence electrons. The minimum absolute atomic E-state index is 0.0930. The van der Waals surface area contributed by atoms with E-state index in [1.54, 1.807) is 24.3 Å². The topological polar surface area (TPSA) is 105 Å². The number of carboxylic acids is 1. The van der Waals surface area contributed by atoms with Crippen molar-refractivity contribution in [2.75, 3.05) is 6.61 Å². The van der Waals surface area contributed by atoms with Crippen LogP contribution in [0.15, 0.2) is 78.9 Å². The van der Waals surface area contributed by atoms with Crippen LogP contribution in [0.25, 0.3) is 11.1 Å². The molecule has 3 N–H and O–H groups in total. The van der Waals surface area contributed by atoms with Crippen molar-refractivity contribution in [3.63, 3.8) is 0 Å². The highest BCUT2D eigenvalue weighted by atomic mass is 16.5. The van der Waals surface area contributed by atoms with Gasteiger partial charge in [0.25, 0.3) is 0 Å². The molecule has 7 heteroatoms. The Labute approximate surface area is 197 Å². The number of hydrogen-bond acceptors (Lipinski definition) is 4. The Balaban J connectivity index is 1.33. The third-order valence-electron chi connectivity index (χ3n) is 5.97. The Hall–Kier alpha value is -4.13. The van der Waals surface area contributed by atoms with Crippen molar-refractivity contribution in [1.82, 2.24) is 10.6 Å². The number of fused-ring (bicyclic) bond motifs is 3. The Kier molecular flexibility index (Phi) is 6.92. The molecule has 0 spiro atoms. The predicted octanol–water partition coefficient (Wildman–Crippen LogP) is 3.73. The Morgan fingerprint density at radius 1 is 0.853 bits per heavy atom. The maximum Gasteiger partial charge on any atom is 0.407 e. The number of alkyl carbamates (subject to hydrolysis) is 1. The van der Waals surface area contributed by atoms with Crippen LogP contribution in [0.4, 0.5) is 4.79 Å². The van der Waals surface area contributed by atoms with Crippen molar-refractivity contribution >= 4 is 18.0 Å². The fraction of sp³-hybridized carbons (Fsp3) is 0.222. The first-order valence-electron chi connectivity index (χ1n) is 11.1. The molecule has 1 aliphatic carbocycles. The maximum absolute atomic E-state index is 12.5. The Bertz CT molecular complexity index is 1150. The van der Waals surface area contributed by atoms with E-state index in [1.165, 1.54) is 6.92 Å². The van der Waals surface area contributed by atoms with Gasteiger partial charge in [-0.15, -0.1) is 0 Å². The highest BCUT2D eigenvalue weighted by Gasteiger charge is 2.30. The van der Waals surface area contributed by atoms with Crippen molar-refractivity contribution < 1.29 is 24.2 Å². The molecule has 0 bridgehead atoms. The minimum Gasteiger partial charge on any atom is -0.480 e. The third-order valence-corrected chi connectivity index (χ3v) is 5.97. The SMILES string of the molecule is CC(NC(=O)OCC1c2ccccc2-c2ccccc21)C(=O)N[C@@H](Cc1ccccc1)C(=O)O. The van der Waals surface area contributed by atoms with E-state index < -0.39 is 30.1 Å². The van der Waals surface area contributed by atoms with Gasteiger partial charge >= 0.3 is 12.1 Å². The molecule has 0 aliphatic heterocycles. The number of nitrogens with one attached hydrogen (secondary N) is 2. The van der Waals surface area contributed by atoms with Crippen LogP contribution in [0.2, 0.25) is 0 Å². The van der Waals surface area contributed by atoms with Gasteiger partial charge < -0.3 is 20.5 Å². The van der Waals surface area contributed by atoms with Crippen LogP contribution >= 0.6 is 0 Å². The predicted molar refractivity (Wildman–Crippen MR) is 127 cm³/mol. The quantitative estimate of drug-likeness (QED) is 0.477. The molecule has 0 saturated carbocycles. The lowest BCUT2D eigenvalue weighted by Crippen LogP contribution is -2.51. The highest BCUT2D eigenvalue weighted by molar-refractivity contribution is 5.89. The van der Waals surface area contributed by atoms with Gasteiger partial charge in [-0.05, 0) is 34.7 Å². The van der Waals surface area contributed by atoms with E-state index in [4.69, 9.17) is 4.74 Å². The summed E-state index contributed by atoms with van der Waals surface area (Å²) in [5.41, 5.74) is 5.21. The number of hydrogen-bond donors (Lipinski definition) is 3. The molecule has 0 heterocycles. The average molecular weight is 459 g/mol. The second-order valence-electron chi connectivity index (χ2n) is 8.28. The molecule has 0 fully saturated rings. The number of benzene rings is 3. The van der Waals surface area contributed by atoms with E-state index >= 15 is 0 Å². The standard InChI is InChI=1S/C27H26N2O5/c1-17(25(30)29-24(26(31)32)15-18-9-3-2-4-10-18)28-27(33)34-16-23-21-13-7-5-11-19(21)20-12-6-8-14-22(20)23/h2-14,17,23-24H,15-16H2,1H3,(H,28,33)(H,29,30)(H,31,32)/t17?,24-/m0/s1. The van der Waals surface area contributed by atoms with E-state index in [0.717, 1.165) is 27.8 Å². The lowest BCUT2D eigenvalue weighted by Gasteiger charge is -2.19. The van der Waals surface area contributed by atoms with E-state index in [2.05, 4.69) is 22.8 Å². The number of ether oxygens (including phenoxy) is 1. The van der Waals surface area contributed by atoms with E-state index in [9.17, 15) is 19.5 Å². The second kappa shape index (κ2) is 10.2. The molecule has 1 unspecified atom stereocenters. The highest BCUT2D eigenvalue weighted by Crippen LogP contribution is 2.44. The Morgan fingerprint density at radius 3 is 2.00 bits per heavy atom. The van der Waals surface area contributed by atoms with Gasteiger partial charge in [0.15, 0.2) is 0 Å². The van der Waals surface area contributed by atoms with Crippen LogP contribution in [-0.4, -0.2) is 41.8 Å². The van der Waals surface area contributed by atoms with Crippen molar-refractivity contribution in [2.45, 2.75) is 31.3 Å². The molecule has 7 nitrogen and oxygen atoms in total. The summed E-state index contributed by atoms with van der Waals surface area (Å²) in [5.74, 6) is -1.84. The molecular weight excluding hydrogens is 432 g/mol. The normalized spacial score (nSPS) is 13.8. The van der Waals surface area contributed by atoms with Crippen LogP contribution in [0.3, 0.4) is 0 Å². The monoisotopic (exact) mass is 458 g/mol.